The Morgan fingerprint density at radius 3 is 2.47 bits per heavy atom. The van der Waals surface area contributed by atoms with E-state index in [1.807, 2.05) is 0 Å². The third-order valence-electron chi connectivity index (χ3n) is 2.43. The zero-order valence-corrected chi connectivity index (χ0v) is 10.9. The zero-order chi connectivity index (χ0) is 14.4. The second kappa shape index (κ2) is 6.48. The van der Waals surface area contributed by atoms with Gasteiger partial charge in [0, 0.05) is 5.56 Å². The third kappa shape index (κ3) is 3.77. The highest BCUT2D eigenvalue weighted by Gasteiger charge is 2.13. The first kappa shape index (κ1) is 14.6. The standard InChI is InChI=1S/C12H16N2O5/c1-7-9(18-2)5-4-8(11(7)19-3)14-12(17)13-6-10(15)16/h4-5H,6H2,1-3H3,(H,15,16)(H2,13,14,17). The molecule has 0 radical (unpaired) electrons. The van der Waals surface area contributed by atoms with Crippen LogP contribution < -0.4 is 20.1 Å². The molecule has 0 unspecified atom stereocenters. The first-order valence-corrected chi connectivity index (χ1v) is 5.47. The topological polar surface area (TPSA) is 96.9 Å². The number of nitrogens with one attached hydrogen (secondary N) is 2. The molecule has 0 heterocycles. The lowest BCUT2D eigenvalue weighted by Crippen LogP contribution is -2.33. The molecule has 1 rings (SSSR count). The predicted octanol–water partition coefficient (Wildman–Crippen LogP) is 1.22. The van der Waals surface area contributed by atoms with Crippen LogP contribution in [0.15, 0.2) is 12.1 Å². The maximum absolute atomic E-state index is 11.5. The van der Waals surface area contributed by atoms with E-state index < -0.39 is 18.5 Å². The highest BCUT2D eigenvalue weighted by molar-refractivity contribution is 5.93. The van der Waals surface area contributed by atoms with Crippen molar-refractivity contribution in [2.24, 2.45) is 0 Å². The number of carbonyl (C=O) groups is 2. The van der Waals surface area contributed by atoms with Crippen LogP contribution in [0.1, 0.15) is 5.56 Å². The Kier molecular flexibility index (Phi) is 4.99. The molecule has 0 aliphatic carbocycles. The van der Waals surface area contributed by atoms with Crippen LogP contribution in [0.5, 0.6) is 11.5 Å². The highest BCUT2D eigenvalue weighted by Crippen LogP contribution is 2.34. The molecule has 0 aliphatic heterocycles. The normalized spacial score (nSPS) is 9.63. The number of benzene rings is 1. The summed E-state index contributed by atoms with van der Waals surface area (Å²) in [4.78, 5) is 21.8. The number of aliphatic carboxylic acids is 1. The average Bonchev–Trinajstić information content (AvgIpc) is 2.37. The fraction of sp³-hybridized carbons (Fsp3) is 0.333. The summed E-state index contributed by atoms with van der Waals surface area (Å²) in [5.41, 5.74) is 1.17. The summed E-state index contributed by atoms with van der Waals surface area (Å²) in [5.74, 6) is -0.0220. The maximum atomic E-state index is 11.5. The number of anilines is 1. The lowest BCUT2D eigenvalue weighted by atomic mass is 10.1. The van der Waals surface area contributed by atoms with Crippen molar-refractivity contribution in [1.82, 2.24) is 5.32 Å². The lowest BCUT2D eigenvalue weighted by Gasteiger charge is -2.15. The molecule has 2 amide bonds. The monoisotopic (exact) mass is 268 g/mol. The molecule has 19 heavy (non-hydrogen) atoms. The molecule has 0 aromatic heterocycles. The molecule has 3 N–H and O–H groups in total. The number of hydrogen-bond donors (Lipinski definition) is 3. The van der Waals surface area contributed by atoms with Crippen molar-refractivity contribution in [3.05, 3.63) is 17.7 Å². The van der Waals surface area contributed by atoms with Crippen LogP contribution in [0.25, 0.3) is 0 Å². The van der Waals surface area contributed by atoms with Crippen molar-refractivity contribution in [3.8, 4) is 11.5 Å². The fourth-order valence-corrected chi connectivity index (χ4v) is 1.58. The van der Waals surface area contributed by atoms with Crippen molar-refractivity contribution in [2.45, 2.75) is 6.92 Å². The Morgan fingerprint density at radius 2 is 1.95 bits per heavy atom. The number of amides is 2. The van der Waals surface area contributed by atoms with Gasteiger partial charge in [-0.1, -0.05) is 0 Å². The Balaban J connectivity index is 2.86. The minimum Gasteiger partial charge on any atom is -0.496 e. The van der Waals surface area contributed by atoms with Gasteiger partial charge in [0.2, 0.25) is 0 Å². The van der Waals surface area contributed by atoms with Crippen LogP contribution >= 0.6 is 0 Å². The van der Waals surface area contributed by atoms with Crippen molar-refractivity contribution >= 4 is 17.7 Å². The van der Waals surface area contributed by atoms with Crippen LogP contribution in [0, 0.1) is 6.92 Å². The van der Waals surface area contributed by atoms with Gasteiger partial charge in [0.25, 0.3) is 0 Å². The van der Waals surface area contributed by atoms with E-state index in [2.05, 4.69) is 10.6 Å². The smallest absolute Gasteiger partial charge is 0.323 e. The summed E-state index contributed by atoms with van der Waals surface area (Å²) in [6, 6.07) is 2.68. The van der Waals surface area contributed by atoms with Crippen LogP contribution in [0.4, 0.5) is 10.5 Å². The first-order chi connectivity index (χ1) is 8.99. The van der Waals surface area contributed by atoms with Gasteiger partial charge in [-0.3, -0.25) is 4.79 Å². The lowest BCUT2D eigenvalue weighted by molar-refractivity contribution is -0.135. The van der Waals surface area contributed by atoms with Gasteiger partial charge in [-0.25, -0.2) is 4.79 Å². The summed E-state index contributed by atoms with van der Waals surface area (Å²) in [5, 5.41) is 13.2. The number of urea groups is 1. The molecule has 0 saturated carbocycles. The molecule has 0 fully saturated rings. The van der Waals surface area contributed by atoms with Gasteiger partial charge >= 0.3 is 12.0 Å². The molecule has 7 nitrogen and oxygen atoms in total. The van der Waals surface area contributed by atoms with Crippen LogP contribution in [-0.2, 0) is 4.79 Å². The number of carbonyl (C=O) groups excluding carboxylic acids is 1. The SMILES string of the molecule is COc1ccc(NC(=O)NCC(=O)O)c(OC)c1C. The van der Waals surface area contributed by atoms with E-state index in [4.69, 9.17) is 14.6 Å². The summed E-state index contributed by atoms with van der Waals surface area (Å²) in [6.07, 6.45) is 0. The molecule has 7 heteroatoms. The van der Waals surface area contributed by atoms with Crippen molar-refractivity contribution in [3.63, 3.8) is 0 Å². The second-order valence-corrected chi connectivity index (χ2v) is 3.68. The Morgan fingerprint density at radius 1 is 1.26 bits per heavy atom. The summed E-state index contributed by atoms with van der Waals surface area (Å²) in [7, 11) is 3.01. The summed E-state index contributed by atoms with van der Waals surface area (Å²) in [6.45, 7) is 1.33. The largest absolute Gasteiger partial charge is 0.496 e. The minimum absolute atomic E-state index is 0.434. The Labute approximate surface area is 110 Å². The maximum Gasteiger partial charge on any atom is 0.323 e. The van der Waals surface area contributed by atoms with E-state index in [1.54, 1.807) is 19.1 Å². The van der Waals surface area contributed by atoms with E-state index >= 15 is 0 Å². The highest BCUT2D eigenvalue weighted by atomic mass is 16.5. The van der Waals surface area contributed by atoms with Crippen LogP contribution in [0.2, 0.25) is 0 Å². The second-order valence-electron chi connectivity index (χ2n) is 3.68. The molecular formula is C12H16N2O5. The molecule has 0 saturated heterocycles. The van der Waals surface area contributed by atoms with E-state index in [0.29, 0.717) is 17.2 Å². The van der Waals surface area contributed by atoms with E-state index in [0.717, 1.165) is 5.56 Å². The van der Waals surface area contributed by atoms with Gasteiger partial charge in [-0.2, -0.15) is 0 Å². The predicted molar refractivity (Wildman–Crippen MR) is 68.9 cm³/mol. The molecule has 0 bridgehead atoms. The first-order valence-electron chi connectivity index (χ1n) is 5.47. The summed E-state index contributed by atoms with van der Waals surface area (Å²) < 4.78 is 10.3. The number of carboxylic acid groups (broad SMARTS) is 1. The Bertz CT molecular complexity index is 487. The average molecular weight is 268 g/mol. The van der Waals surface area contributed by atoms with Gasteiger partial charge in [0.15, 0.2) is 0 Å². The summed E-state index contributed by atoms with van der Waals surface area (Å²) >= 11 is 0. The van der Waals surface area contributed by atoms with Gasteiger partial charge in [-0.15, -0.1) is 0 Å². The number of ether oxygens (including phenoxy) is 2. The number of carboxylic acids is 1. The van der Waals surface area contributed by atoms with E-state index in [1.165, 1.54) is 14.2 Å². The van der Waals surface area contributed by atoms with Crippen molar-refractivity contribution in [2.75, 3.05) is 26.1 Å². The number of rotatable bonds is 5. The molecule has 0 atom stereocenters. The third-order valence-corrected chi connectivity index (χ3v) is 2.43. The Hall–Kier alpha value is -2.44. The van der Waals surface area contributed by atoms with Gasteiger partial charge < -0.3 is 25.2 Å². The van der Waals surface area contributed by atoms with Gasteiger partial charge in [-0.05, 0) is 19.1 Å². The van der Waals surface area contributed by atoms with Crippen LogP contribution in [0.3, 0.4) is 0 Å². The van der Waals surface area contributed by atoms with Gasteiger partial charge in [0.05, 0.1) is 19.9 Å². The number of methoxy groups -OCH3 is 2. The molecular weight excluding hydrogens is 252 g/mol. The fourth-order valence-electron chi connectivity index (χ4n) is 1.58. The van der Waals surface area contributed by atoms with E-state index in [-0.39, 0.29) is 0 Å². The van der Waals surface area contributed by atoms with Crippen molar-refractivity contribution < 1.29 is 24.2 Å². The van der Waals surface area contributed by atoms with Gasteiger partial charge in [0.1, 0.15) is 18.0 Å². The minimum atomic E-state index is -1.12. The van der Waals surface area contributed by atoms with Crippen LogP contribution in [-0.4, -0.2) is 37.9 Å². The quantitative estimate of drug-likeness (QED) is 0.746. The molecule has 104 valence electrons. The van der Waals surface area contributed by atoms with Crippen molar-refractivity contribution in [1.29, 1.82) is 0 Å². The molecule has 1 aromatic carbocycles. The zero-order valence-electron chi connectivity index (χ0n) is 10.9. The molecule has 0 spiro atoms. The molecule has 1 aromatic rings. The number of hydrogen-bond acceptors (Lipinski definition) is 4. The van der Waals surface area contributed by atoms with E-state index in [9.17, 15) is 9.59 Å². The molecule has 0 aliphatic rings.